The number of sulfonamides is 1. The van der Waals surface area contributed by atoms with Crippen molar-refractivity contribution < 1.29 is 13.2 Å². The van der Waals surface area contributed by atoms with Gasteiger partial charge in [0.05, 0.1) is 4.90 Å². The molecule has 0 saturated carbocycles. The van der Waals surface area contributed by atoms with Crippen LogP contribution in [0.3, 0.4) is 0 Å². The summed E-state index contributed by atoms with van der Waals surface area (Å²) in [4.78, 5) is 11.0. The number of halogens is 1. The van der Waals surface area contributed by atoms with Crippen LogP contribution in [0.1, 0.15) is 15.9 Å². The number of carbonyl (C=O) groups excluding carboxylic acids is 1. The van der Waals surface area contributed by atoms with Crippen LogP contribution in [0, 0.1) is 6.92 Å². The predicted octanol–water partition coefficient (Wildman–Crippen LogP) is 2.66. The maximum absolute atomic E-state index is 12.2. The number of benzene rings is 2. The van der Waals surface area contributed by atoms with Gasteiger partial charge < -0.3 is 5.73 Å². The van der Waals surface area contributed by atoms with Gasteiger partial charge in [-0.3, -0.25) is 9.52 Å². The van der Waals surface area contributed by atoms with Crippen molar-refractivity contribution in [3.05, 3.63) is 58.1 Å². The minimum Gasteiger partial charge on any atom is -0.366 e. The first-order valence-electron chi connectivity index (χ1n) is 5.98. The molecule has 0 unspecified atom stereocenters. The minimum absolute atomic E-state index is 0.0594. The summed E-state index contributed by atoms with van der Waals surface area (Å²) in [5, 5.41) is 0. The lowest BCUT2D eigenvalue weighted by Crippen LogP contribution is -2.14. The molecule has 0 heterocycles. The van der Waals surface area contributed by atoms with E-state index >= 15 is 0 Å². The van der Waals surface area contributed by atoms with E-state index in [-0.39, 0.29) is 10.5 Å². The fourth-order valence-corrected chi connectivity index (χ4v) is 3.10. The lowest BCUT2D eigenvalue weighted by molar-refractivity contribution is 0.1000. The third-order valence-electron chi connectivity index (χ3n) is 2.87. The van der Waals surface area contributed by atoms with E-state index in [1.807, 2.05) is 6.92 Å². The molecule has 110 valence electrons. The van der Waals surface area contributed by atoms with Crippen molar-refractivity contribution in [3.8, 4) is 0 Å². The molecule has 0 aliphatic heterocycles. The molecule has 21 heavy (non-hydrogen) atoms. The van der Waals surface area contributed by atoms with Crippen LogP contribution in [-0.4, -0.2) is 14.3 Å². The van der Waals surface area contributed by atoms with Gasteiger partial charge in [-0.1, -0.05) is 22.0 Å². The normalized spacial score (nSPS) is 11.1. The fourth-order valence-electron chi connectivity index (χ4n) is 1.67. The van der Waals surface area contributed by atoms with Gasteiger partial charge in [-0.05, 0) is 48.9 Å². The van der Waals surface area contributed by atoms with Crippen molar-refractivity contribution in [3.63, 3.8) is 0 Å². The number of hydrogen-bond acceptors (Lipinski definition) is 3. The molecule has 5 nitrogen and oxygen atoms in total. The molecule has 0 radical (unpaired) electrons. The molecule has 0 aliphatic rings. The zero-order valence-electron chi connectivity index (χ0n) is 11.1. The second-order valence-electron chi connectivity index (χ2n) is 4.46. The summed E-state index contributed by atoms with van der Waals surface area (Å²) < 4.78 is 27.8. The van der Waals surface area contributed by atoms with Gasteiger partial charge in [-0.2, -0.15) is 0 Å². The average Bonchev–Trinajstić information content (AvgIpc) is 2.43. The van der Waals surface area contributed by atoms with Crippen LogP contribution in [0.15, 0.2) is 51.8 Å². The van der Waals surface area contributed by atoms with E-state index < -0.39 is 15.9 Å². The van der Waals surface area contributed by atoms with Crippen LogP contribution in [0.25, 0.3) is 0 Å². The number of anilines is 1. The topological polar surface area (TPSA) is 89.3 Å². The maximum Gasteiger partial charge on any atom is 0.261 e. The van der Waals surface area contributed by atoms with E-state index in [1.54, 1.807) is 18.2 Å². The molecular weight excluding hydrogens is 356 g/mol. The van der Waals surface area contributed by atoms with E-state index in [0.29, 0.717) is 5.69 Å². The molecule has 0 aliphatic carbocycles. The first-order valence-corrected chi connectivity index (χ1v) is 8.26. The number of hydrogen-bond donors (Lipinski definition) is 2. The smallest absolute Gasteiger partial charge is 0.261 e. The van der Waals surface area contributed by atoms with Gasteiger partial charge in [0, 0.05) is 15.7 Å². The lowest BCUT2D eigenvalue weighted by atomic mass is 10.2. The maximum atomic E-state index is 12.2. The van der Waals surface area contributed by atoms with Crippen LogP contribution in [0.2, 0.25) is 0 Å². The summed E-state index contributed by atoms with van der Waals surface area (Å²) in [5.41, 5.74) is 6.83. The quantitative estimate of drug-likeness (QED) is 0.868. The second kappa shape index (κ2) is 5.87. The number of amides is 1. The highest BCUT2D eigenvalue weighted by Crippen LogP contribution is 2.23. The van der Waals surface area contributed by atoms with Crippen LogP contribution in [-0.2, 0) is 10.0 Å². The molecule has 0 fully saturated rings. The van der Waals surface area contributed by atoms with Crippen LogP contribution < -0.4 is 10.5 Å². The van der Waals surface area contributed by atoms with Crippen molar-refractivity contribution >= 4 is 37.5 Å². The average molecular weight is 369 g/mol. The van der Waals surface area contributed by atoms with Crippen LogP contribution in [0.4, 0.5) is 5.69 Å². The predicted molar refractivity (Wildman–Crippen MR) is 84.6 cm³/mol. The van der Waals surface area contributed by atoms with Crippen molar-refractivity contribution in [2.45, 2.75) is 11.8 Å². The Morgan fingerprint density at radius 3 is 2.29 bits per heavy atom. The Bertz CT molecular complexity index is 786. The molecule has 2 rings (SSSR count). The zero-order valence-corrected chi connectivity index (χ0v) is 13.5. The van der Waals surface area contributed by atoms with Crippen molar-refractivity contribution in [2.24, 2.45) is 5.73 Å². The summed E-state index contributed by atoms with van der Waals surface area (Å²) in [7, 11) is -3.71. The molecule has 3 N–H and O–H groups in total. The highest BCUT2D eigenvalue weighted by atomic mass is 79.9. The van der Waals surface area contributed by atoms with Gasteiger partial charge in [0.25, 0.3) is 10.0 Å². The lowest BCUT2D eigenvalue weighted by Gasteiger charge is -2.09. The van der Waals surface area contributed by atoms with Crippen LogP contribution >= 0.6 is 15.9 Å². The van der Waals surface area contributed by atoms with E-state index in [0.717, 1.165) is 10.0 Å². The SMILES string of the molecule is Cc1ccc(NS(=O)(=O)c2ccc(C(N)=O)cc2)cc1Br. The van der Waals surface area contributed by atoms with Crippen molar-refractivity contribution in [1.29, 1.82) is 0 Å². The minimum atomic E-state index is -3.71. The molecule has 1 amide bonds. The number of carbonyl (C=O) groups is 1. The molecule has 2 aromatic rings. The first kappa shape index (κ1) is 15.5. The fraction of sp³-hybridized carbons (Fsp3) is 0.0714. The Balaban J connectivity index is 2.29. The highest BCUT2D eigenvalue weighted by Gasteiger charge is 2.15. The van der Waals surface area contributed by atoms with E-state index in [4.69, 9.17) is 5.73 Å². The van der Waals surface area contributed by atoms with Crippen molar-refractivity contribution in [1.82, 2.24) is 0 Å². The standard InChI is InChI=1S/C14H13BrN2O3S/c1-9-2-5-11(8-13(9)15)17-21(19,20)12-6-3-10(4-7-12)14(16)18/h2-8,17H,1H3,(H2,16,18). The summed E-state index contributed by atoms with van der Waals surface area (Å²) in [6, 6.07) is 10.6. The number of primary amides is 1. The van der Waals surface area contributed by atoms with Gasteiger partial charge in [-0.15, -0.1) is 0 Å². The van der Waals surface area contributed by atoms with E-state index in [2.05, 4.69) is 20.7 Å². The largest absolute Gasteiger partial charge is 0.366 e. The molecule has 0 saturated heterocycles. The van der Waals surface area contributed by atoms with Gasteiger partial charge >= 0.3 is 0 Å². The van der Waals surface area contributed by atoms with Crippen molar-refractivity contribution in [2.75, 3.05) is 4.72 Å². The summed E-state index contributed by atoms with van der Waals surface area (Å²) in [6.07, 6.45) is 0. The molecule has 0 aromatic heterocycles. The zero-order chi connectivity index (χ0) is 15.6. The highest BCUT2D eigenvalue weighted by molar-refractivity contribution is 9.10. The van der Waals surface area contributed by atoms with Gasteiger partial charge in [0.2, 0.25) is 5.91 Å². The summed E-state index contributed by atoms with van der Waals surface area (Å²) >= 11 is 3.35. The molecule has 0 spiro atoms. The second-order valence-corrected chi connectivity index (χ2v) is 6.99. The Hall–Kier alpha value is -1.86. The number of rotatable bonds is 4. The Morgan fingerprint density at radius 2 is 1.76 bits per heavy atom. The van der Waals surface area contributed by atoms with Gasteiger partial charge in [0.15, 0.2) is 0 Å². The van der Waals surface area contributed by atoms with E-state index in [9.17, 15) is 13.2 Å². The summed E-state index contributed by atoms with van der Waals surface area (Å²) in [5.74, 6) is -0.602. The third kappa shape index (κ3) is 3.62. The molecule has 2 aromatic carbocycles. The number of nitrogens with two attached hydrogens (primary N) is 1. The monoisotopic (exact) mass is 368 g/mol. The number of aryl methyl sites for hydroxylation is 1. The van der Waals surface area contributed by atoms with Crippen LogP contribution in [0.5, 0.6) is 0 Å². The molecular formula is C14H13BrN2O3S. The molecule has 0 bridgehead atoms. The number of nitrogens with one attached hydrogen (secondary N) is 1. The van der Waals surface area contributed by atoms with Gasteiger partial charge in [0.1, 0.15) is 0 Å². The molecule has 0 atom stereocenters. The summed E-state index contributed by atoms with van der Waals surface area (Å²) in [6.45, 7) is 1.91. The van der Waals surface area contributed by atoms with E-state index in [1.165, 1.54) is 24.3 Å². The van der Waals surface area contributed by atoms with Gasteiger partial charge in [-0.25, -0.2) is 8.42 Å². The third-order valence-corrected chi connectivity index (χ3v) is 5.12. The Kier molecular flexibility index (Phi) is 4.34. The molecule has 7 heteroatoms. The Labute approximate surface area is 131 Å². The Morgan fingerprint density at radius 1 is 1.14 bits per heavy atom. The first-order chi connectivity index (χ1) is 9.79.